The van der Waals surface area contributed by atoms with Crippen molar-refractivity contribution in [2.75, 3.05) is 13.2 Å². The van der Waals surface area contributed by atoms with Crippen LogP contribution in [0.15, 0.2) is 24.3 Å². The number of rotatable bonds is 7. The van der Waals surface area contributed by atoms with E-state index in [1.165, 1.54) is 5.56 Å². The van der Waals surface area contributed by atoms with Crippen LogP contribution in [-0.2, 0) is 0 Å². The fraction of sp³-hybridized carbons (Fsp3) is 0.625. The molecular formula is C16H25NO2. The molecule has 0 saturated heterocycles. The average Bonchev–Trinajstić information content (AvgIpc) is 3.29. The third kappa shape index (κ3) is 3.48. The van der Waals surface area contributed by atoms with Crippen LogP contribution in [0, 0.1) is 5.92 Å². The Kier molecular flexibility index (Phi) is 4.48. The maximum Gasteiger partial charge on any atom is 0.119 e. The molecule has 0 bridgehead atoms. The Hall–Kier alpha value is -1.06. The Balaban J connectivity index is 1.92. The monoisotopic (exact) mass is 263 g/mol. The van der Waals surface area contributed by atoms with Gasteiger partial charge in [-0.25, -0.2) is 0 Å². The lowest BCUT2D eigenvalue weighted by Crippen LogP contribution is -2.45. The van der Waals surface area contributed by atoms with Crippen LogP contribution in [0.1, 0.15) is 44.6 Å². The van der Waals surface area contributed by atoms with Crippen molar-refractivity contribution in [3.8, 4) is 5.75 Å². The zero-order chi connectivity index (χ0) is 13.9. The van der Waals surface area contributed by atoms with Gasteiger partial charge in [0, 0.05) is 6.54 Å². The van der Waals surface area contributed by atoms with Gasteiger partial charge in [-0.15, -0.1) is 0 Å². The van der Waals surface area contributed by atoms with Crippen molar-refractivity contribution in [1.29, 1.82) is 0 Å². The van der Waals surface area contributed by atoms with Gasteiger partial charge in [0.15, 0.2) is 0 Å². The Morgan fingerprint density at radius 3 is 2.47 bits per heavy atom. The lowest BCUT2D eigenvalue weighted by Gasteiger charge is -2.26. The third-order valence-corrected chi connectivity index (χ3v) is 4.24. The minimum atomic E-state index is -0.852. The first-order valence-electron chi connectivity index (χ1n) is 7.24. The van der Waals surface area contributed by atoms with Crippen molar-refractivity contribution in [3.63, 3.8) is 0 Å². The van der Waals surface area contributed by atoms with E-state index in [0.717, 1.165) is 25.0 Å². The van der Waals surface area contributed by atoms with E-state index < -0.39 is 5.60 Å². The average molecular weight is 263 g/mol. The molecule has 0 radical (unpaired) electrons. The van der Waals surface area contributed by atoms with Gasteiger partial charge in [0.2, 0.25) is 0 Å². The second kappa shape index (κ2) is 5.93. The number of nitrogens with two attached hydrogens (primary N) is 1. The van der Waals surface area contributed by atoms with Crippen LogP contribution in [0.2, 0.25) is 0 Å². The summed E-state index contributed by atoms with van der Waals surface area (Å²) >= 11 is 0. The SMILES string of the molecule is CCC(C)c1ccc(OCC(O)(CN)C2CC2)cc1. The fourth-order valence-corrected chi connectivity index (χ4v) is 2.30. The standard InChI is InChI=1S/C16H25NO2/c1-3-12(2)13-4-8-15(9-5-13)19-11-16(18,10-17)14-6-7-14/h4-5,8-9,12,14,18H,3,6-7,10-11,17H2,1-2H3. The molecule has 2 rings (SSSR count). The molecule has 3 N–H and O–H groups in total. The summed E-state index contributed by atoms with van der Waals surface area (Å²) in [5.41, 5.74) is 6.14. The quantitative estimate of drug-likeness (QED) is 0.795. The van der Waals surface area contributed by atoms with Gasteiger partial charge in [-0.05, 0) is 48.8 Å². The summed E-state index contributed by atoms with van der Waals surface area (Å²) in [5, 5.41) is 10.4. The lowest BCUT2D eigenvalue weighted by molar-refractivity contribution is -0.0162. The molecule has 0 heterocycles. The molecule has 2 atom stereocenters. The van der Waals surface area contributed by atoms with E-state index in [4.69, 9.17) is 10.5 Å². The molecule has 0 spiro atoms. The first-order valence-corrected chi connectivity index (χ1v) is 7.24. The molecule has 0 aliphatic heterocycles. The predicted molar refractivity (Wildman–Crippen MR) is 77.4 cm³/mol. The van der Waals surface area contributed by atoms with Crippen LogP contribution in [-0.4, -0.2) is 23.9 Å². The molecule has 3 heteroatoms. The Bertz CT molecular complexity index is 400. The van der Waals surface area contributed by atoms with Gasteiger partial charge >= 0.3 is 0 Å². The van der Waals surface area contributed by atoms with E-state index in [1.54, 1.807) is 0 Å². The van der Waals surface area contributed by atoms with Crippen molar-refractivity contribution in [2.45, 2.75) is 44.6 Å². The first-order chi connectivity index (χ1) is 9.09. The van der Waals surface area contributed by atoms with Crippen LogP contribution in [0.5, 0.6) is 5.75 Å². The van der Waals surface area contributed by atoms with Crippen molar-refractivity contribution in [1.82, 2.24) is 0 Å². The second-order valence-corrected chi connectivity index (χ2v) is 5.75. The molecule has 1 aliphatic rings. The molecule has 1 aromatic carbocycles. The van der Waals surface area contributed by atoms with Crippen molar-refractivity contribution in [3.05, 3.63) is 29.8 Å². The molecule has 0 amide bonds. The molecule has 1 aromatic rings. The van der Waals surface area contributed by atoms with Crippen LogP contribution in [0.25, 0.3) is 0 Å². The topological polar surface area (TPSA) is 55.5 Å². The highest BCUT2D eigenvalue weighted by atomic mass is 16.5. The van der Waals surface area contributed by atoms with E-state index in [9.17, 15) is 5.11 Å². The number of hydrogen-bond donors (Lipinski definition) is 2. The highest BCUT2D eigenvalue weighted by Crippen LogP contribution is 2.39. The number of hydrogen-bond acceptors (Lipinski definition) is 3. The number of ether oxygens (including phenoxy) is 1. The largest absolute Gasteiger partial charge is 0.491 e. The van der Waals surface area contributed by atoms with E-state index in [1.807, 2.05) is 12.1 Å². The van der Waals surface area contributed by atoms with E-state index >= 15 is 0 Å². The minimum Gasteiger partial charge on any atom is -0.491 e. The maximum atomic E-state index is 10.4. The van der Waals surface area contributed by atoms with Crippen LogP contribution in [0.3, 0.4) is 0 Å². The third-order valence-electron chi connectivity index (χ3n) is 4.24. The van der Waals surface area contributed by atoms with E-state index in [-0.39, 0.29) is 13.2 Å². The normalized spacial score (nSPS) is 19.8. The van der Waals surface area contributed by atoms with Gasteiger partial charge in [0.1, 0.15) is 18.0 Å². The predicted octanol–water partition coefficient (Wildman–Crippen LogP) is 2.68. The highest BCUT2D eigenvalue weighted by molar-refractivity contribution is 5.29. The second-order valence-electron chi connectivity index (χ2n) is 5.75. The molecule has 1 aliphatic carbocycles. The van der Waals surface area contributed by atoms with Gasteiger partial charge < -0.3 is 15.6 Å². The molecule has 19 heavy (non-hydrogen) atoms. The molecule has 3 nitrogen and oxygen atoms in total. The van der Waals surface area contributed by atoms with Gasteiger partial charge in [-0.2, -0.15) is 0 Å². The molecule has 2 unspecified atom stereocenters. The number of aliphatic hydroxyl groups is 1. The Morgan fingerprint density at radius 2 is 2.00 bits per heavy atom. The molecule has 106 valence electrons. The summed E-state index contributed by atoms with van der Waals surface area (Å²) in [4.78, 5) is 0. The summed E-state index contributed by atoms with van der Waals surface area (Å²) in [5.74, 6) is 1.69. The Labute approximate surface area is 115 Å². The fourth-order valence-electron chi connectivity index (χ4n) is 2.30. The molecule has 0 aromatic heterocycles. The van der Waals surface area contributed by atoms with Gasteiger partial charge in [0.05, 0.1) is 0 Å². The summed E-state index contributed by atoms with van der Waals surface area (Å²) in [6, 6.07) is 8.15. The van der Waals surface area contributed by atoms with Gasteiger partial charge in [-0.1, -0.05) is 26.0 Å². The number of benzene rings is 1. The zero-order valence-corrected chi connectivity index (χ0v) is 11.9. The van der Waals surface area contributed by atoms with Crippen LogP contribution >= 0.6 is 0 Å². The summed E-state index contributed by atoms with van der Waals surface area (Å²) in [7, 11) is 0. The Morgan fingerprint density at radius 1 is 1.37 bits per heavy atom. The van der Waals surface area contributed by atoms with Crippen LogP contribution < -0.4 is 10.5 Å². The zero-order valence-electron chi connectivity index (χ0n) is 11.9. The molecule has 1 fully saturated rings. The maximum absolute atomic E-state index is 10.4. The van der Waals surface area contributed by atoms with E-state index in [0.29, 0.717) is 11.8 Å². The summed E-state index contributed by atoms with van der Waals surface area (Å²) in [6.45, 7) is 4.96. The smallest absolute Gasteiger partial charge is 0.119 e. The molecular weight excluding hydrogens is 238 g/mol. The molecule has 1 saturated carbocycles. The highest BCUT2D eigenvalue weighted by Gasteiger charge is 2.43. The minimum absolute atomic E-state index is 0.266. The van der Waals surface area contributed by atoms with Gasteiger partial charge in [0.25, 0.3) is 0 Å². The van der Waals surface area contributed by atoms with Crippen molar-refractivity contribution in [2.24, 2.45) is 11.7 Å². The summed E-state index contributed by atoms with van der Waals surface area (Å²) < 4.78 is 5.70. The van der Waals surface area contributed by atoms with Crippen molar-refractivity contribution >= 4 is 0 Å². The van der Waals surface area contributed by atoms with Crippen molar-refractivity contribution < 1.29 is 9.84 Å². The van der Waals surface area contributed by atoms with Gasteiger partial charge in [-0.3, -0.25) is 0 Å². The van der Waals surface area contributed by atoms with E-state index in [2.05, 4.69) is 26.0 Å². The van der Waals surface area contributed by atoms with Crippen LogP contribution in [0.4, 0.5) is 0 Å². The first kappa shape index (κ1) is 14.4. The summed E-state index contributed by atoms with van der Waals surface area (Å²) in [6.07, 6.45) is 3.25. The lowest BCUT2D eigenvalue weighted by atomic mass is 9.98.